The van der Waals surface area contributed by atoms with E-state index < -0.39 is 0 Å². The van der Waals surface area contributed by atoms with Gasteiger partial charge in [0.15, 0.2) is 0 Å². The lowest BCUT2D eigenvalue weighted by Gasteiger charge is -2.30. The first-order chi connectivity index (χ1) is 5.05. The van der Waals surface area contributed by atoms with Crippen molar-refractivity contribution in [1.29, 1.82) is 0 Å². The monoisotopic (exact) mass is 150 g/mol. The topological polar surface area (TPSA) is 0 Å². The van der Waals surface area contributed by atoms with E-state index in [1.807, 2.05) is 0 Å². The van der Waals surface area contributed by atoms with E-state index in [1.165, 1.54) is 12.8 Å². The lowest BCUT2D eigenvalue weighted by molar-refractivity contribution is 0.309. The quantitative estimate of drug-likeness (QED) is 0.464. The molecule has 11 heavy (non-hydrogen) atoms. The van der Waals surface area contributed by atoms with Crippen LogP contribution in [0.25, 0.3) is 0 Å². The van der Waals surface area contributed by atoms with Gasteiger partial charge in [0.1, 0.15) is 0 Å². The van der Waals surface area contributed by atoms with Gasteiger partial charge >= 0.3 is 0 Å². The van der Waals surface area contributed by atoms with E-state index in [4.69, 9.17) is 0 Å². The van der Waals surface area contributed by atoms with Crippen LogP contribution in [0, 0.1) is 17.3 Å². The molecule has 0 radical (unpaired) electrons. The number of hydrogen-bond acceptors (Lipinski definition) is 0. The molecule has 2 aliphatic rings. The Kier molecular flexibility index (Phi) is 1.28. The number of hydrogen-bond donors (Lipinski definition) is 0. The molecular weight excluding hydrogens is 132 g/mol. The second-order valence-electron chi connectivity index (χ2n) is 4.76. The molecule has 0 spiro atoms. The first kappa shape index (κ1) is 7.39. The summed E-state index contributed by atoms with van der Waals surface area (Å²) in [5, 5.41) is 0. The Balaban J connectivity index is 2.45. The minimum atomic E-state index is 0.578. The first-order valence-corrected chi connectivity index (χ1v) is 4.73. The molecule has 3 unspecified atom stereocenters. The van der Waals surface area contributed by atoms with Gasteiger partial charge in [-0.1, -0.05) is 25.0 Å². The maximum Gasteiger partial charge on any atom is -0.00849 e. The van der Waals surface area contributed by atoms with Gasteiger partial charge in [-0.2, -0.15) is 0 Å². The van der Waals surface area contributed by atoms with Gasteiger partial charge in [0.25, 0.3) is 0 Å². The van der Waals surface area contributed by atoms with E-state index in [0.29, 0.717) is 5.41 Å². The lowest BCUT2D eigenvalue weighted by Crippen LogP contribution is -2.20. The maximum absolute atomic E-state index is 2.45. The molecule has 2 bridgehead atoms. The van der Waals surface area contributed by atoms with Crippen LogP contribution in [-0.2, 0) is 0 Å². The molecule has 0 amide bonds. The van der Waals surface area contributed by atoms with Crippen LogP contribution in [-0.4, -0.2) is 0 Å². The molecule has 0 saturated heterocycles. The van der Waals surface area contributed by atoms with Crippen molar-refractivity contribution < 1.29 is 0 Å². The highest BCUT2D eigenvalue weighted by molar-refractivity contribution is 5.32. The maximum atomic E-state index is 2.45. The SMILES string of the molecule is CC1=C(C)C2(C)CC1CC2C. The molecule has 0 N–H and O–H groups in total. The van der Waals surface area contributed by atoms with E-state index >= 15 is 0 Å². The van der Waals surface area contributed by atoms with Crippen LogP contribution < -0.4 is 0 Å². The molecule has 0 aliphatic heterocycles. The zero-order chi connectivity index (χ0) is 8.22. The molecule has 0 nitrogen and oxygen atoms in total. The van der Waals surface area contributed by atoms with Crippen molar-refractivity contribution >= 4 is 0 Å². The first-order valence-electron chi connectivity index (χ1n) is 4.73. The summed E-state index contributed by atoms with van der Waals surface area (Å²) in [6, 6.07) is 0. The molecule has 0 aromatic carbocycles. The fraction of sp³-hybridized carbons (Fsp3) is 0.818. The third-order valence-corrected chi connectivity index (χ3v) is 4.46. The van der Waals surface area contributed by atoms with Crippen molar-refractivity contribution in [2.24, 2.45) is 17.3 Å². The summed E-state index contributed by atoms with van der Waals surface area (Å²) in [6.07, 6.45) is 2.88. The van der Waals surface area contributed by atoms with Crippen molar-refractivity contribution in [2.75, 3.05) is 0 Å². The van der Waals surface area contributed by atoms with E-state index in [2.05, 4.69) is 27.7 Å². The summed E-state index contributed by atoms with van der Waals surface area (Å²) >= 11 is 0. The molecule has 62 valence electrons. The fourth-order valence-electron chi connectivity index (χ4n) is 3.09. The Hall–Kier alpha value is -0.260. The summed E-state index contributed by atoms with van der Waals surface area (Å²) in [6.45, 7) is 9.53. The van der Waals surface area contributed by atoms with Gasteiger partial charge in [0, 0.05) is 0 Å². The highest BCUT2D eigenvalue weighted by Gasteiger charge is 2.48. The molecule has 2 rings (SSSR count). The zero-order valence-corrected chi connectivity index (χ0v) is 8.07. The van der Waals surface area contributed by atoms with E-state index in [-0.39, 0.29) is 0 Å². The minimum absolute atomic E-state index is 0.578. The van der Waals surface area contributed by atoms with Crippen molar-refractivity contribution in [3.63, 3.8) is 0 Å². The summed E-state index contributed by atoms with van der Waals surface area (Å²) < 4.78 is 0. The average Bonchev–Trinajstić information content (AvgIpc) is 2.34. The molecule has 1 saturated carbocycles. The second-order valence-corrected chi connectivity index (χ2v) is 4.76. The Morgan fingerprint density at radius 2 is 2.00 bits per heavy atom. The van der Waals surface area contributed by atoms with Gasteiger partial charge in [0.2, 0.25) is 0 Å². The Bertz CT molecular complexity index is 224. The fourth-order valence-corrected chi connectivity index (χ4v) is 3.09. The van der Waals surface area contributed by atoms with Crippen LogP contribution in [0.4, 0.5) is 0 Å². The molecule has 0 aromatic rings. The summed E-state index contributed by atoms with van der Waals surface area (Å²) in [7, 11) is 0. The van der Waals surface area contributed by atoms with Crippen LogP contribution in [0.1, 0.15) is 40.5 Å². The third-order valence-electron chi connectivity index (χ3n) is 4.46. The molecular formula is C11H18. The van der Waals surface area contributed by atoms with Crippen LogP contribution in [0.15, 0.2) is 11.1 Å². The van der Waals surface area contributed by atoms with E-state index in [1.54, 1.807) is 11.1 Å². The number of allylic oxidation sites excluding steroid dienone is 2. The van der Waals surface area contributed by atoms with Crippen molar-refractivity contribution in [1.82, 2.24) is 0 Å². The lowest BCUT2D eigenvalue weighted by atomic mass is 9.74. The van der Waals surface area contributed by atoms with Crippen LogP contribution >= 0.6 is 0 Å². The molecule has 0 heterocycles. The van der Waals surface area contributed by atoms with E-state index in [9.17, 15) is 0 Å². The molecule has 0 aromatic heterocycles. The number of fused-ring (bicyclic) bond motifs is 2. The third kappa shape index (κ3) is 0.706. The Labute approximate surface area is 69.7 Å². The minimum Gasteiger partial charge on any atom is -0.0707 e. The van der Waals surface area contributed by atoms with Crippen molar-refractivity contribution in [3.05, 3.63) is 11.1 Å². The van der Waals surface area contributed by atoms with Crippen LogP contribution in [0.2, 0.25) is 0 Å². The highest BCUT2D eigenvalue weighted by Crippen LogP contribution is 2.59. The van der Waals surface area contributed by atoms with Crippen molar-refractivity contribution in [2.45, 2.75) is 40.5 Å². The standard InChI is InChI=1S/C11H18/c1-7-5-10-6-11(7,4)9(3)8(10)2/h7,10H,5-6H2,1-4H3. The largest absolute Gasteiger partial charge is 0.0707 e. The van der Waals surface area contributed by atoms with Crippen LogP contribution in [0.5, 0.6) is 0 Å². The van der Waals surface area contributed by atoms with Gasteiger partial charge in [0.05, 0.1) is 0 Å². The van der Waals surface area contributed by atoms with Crippen molar-refractivity contribution in [3.8, 4) is 0 Å². The highest BCUT2D eigenvalue weighted by atomic mass is 14.5. The predicted octanol–water partition coefficient (Wildman–Crippen LogP) is 3.39. The molecule has 1 fully saturated rings. The van der Waals surface area contributed by atoms with Gasteiger partial charge < -0.3 is 0 Å². The molecule has 0 heteroatoms. The summed E-state index contributed by atoms with van der Waals surface area (Å²) in [5.74, 6) is 1.87. The van der Waals surface area contributed by atoms with Gasteiger partial charge in [-0.3, -0.25) is 0 Å². The normalized spacial score (nSPS) is 49.1. The predicted molar refractivity (Wildman–Crippen MR) is 48.4 cm³/mol. The molecule has 2 aliphatic carbocycles. The molecule has 3 atom stereocenters. The summed E-state index contributed by atoms with van der Waals surface area (Å²) in [5.41, 5.74) is 3.97. The zero-order valence-electron chi connectivity index (χ0n) is 8.07. The van der Waals surface area contributed by atoms with Gasteiger partial charge in [-0.15, -0.1) is 0 Å². The second kappa shape index (κ2) is 1.91. The van der Waals surface area contributed by atoms with Crippen LogP contribution in [0.3, 0.4) is 0 Å². The number of rotatable bonds is 0. The smallest absolute Gasteiger partial charge is 0.00849 e. The van der Waals surface area contributed by atoms with Gasteiger partial charge in [-0.05, 0) is 43.9 Å². The van der Waals surface area contributed by atoms with Gasteiger partial charge in [-0.25, -0.2) is 0 Å². The Morgan fingerprint density at radius 1 is 1.36 bits per heavy atom. The summed E-state index contributed by atoms with van der Waals surface area (Å²) in [4.78, 5) is 0. The average molecular weight is 150 g/mol. The van der Waals surface area contributed by atoms with E-state index in [0.717, 1.165) is 11.8 Å². The Morgan fingerprint density at radius 3 is 2.36 bits per heavy atom.